The smallest absolute Gasteiger partial charge is 0.300 e. The van der Waals surface area contributed by atoms with E-state index in [1.54, 1.807) is 12.1 Å². The quantitative estimate of drug-likeness (QED) is 0.286. The average Bonchev–Trinajstić information content (AvgIpc) is 2.58. The van der Waals surface area contributed by atoms with E-state index >= 15 is 0 Å². The molecule has 0 saturated carbocycles. The van der Waals surface area contributed by atoms with Crippen LogP contribution in [0.2, 0.25) is 0 Å². The largest absolute Gasteiger partial charge is 0.492 e. The van der Waals surface area contributed by atoms with Crippen molar-refractivity contribution in [1.82, 2.24) is 0 Å². The molecule has 5 heteroatoms. The highest BCUT2D eigenvalue weighted by Gasteiger charge is 2.30. The van der Waals surface area contributed by atoms with E-state index in [1.807, 2.05) is 6.07 Å². The van der Waals surface area contributed by atoms with Gasteiger partial charge in [-0.05, 0) is 41.4 Å². The van der Waals surface area contributed by atoms with Crippen molar-refractivity contribution in [2.75, 3.05) is 6.61 Å². The van der Waals surface area contributed by atoms with Crippen LogP contribution in [0.15, 0.2) is 23.1 Å². The zero-order valence-electron chi connectivity index (χ0n) is 18.6. The van der Waals surface area contributed by atoms with Crippen molar-refractivity contribution in [1.29, 1.82) is 0 Å². The zero-order chi connectivity index (χ0) is 21.4. The summed E-state index contributed by atoms with van der Waals surface area (Å²) in [5.41, 5.74) is 0.893. The molecule has 0 aromatic heterocycles. The van der Waals surface area contributed by atoms with E-state index in [-0.39, 0.29) is 15.7 Å². The first kappa shape index (κ1) is 25.0. The average molecular weight is 412 g/mol. The molecule has 0 amide bonds. The zero-order valence-corrected chi connectivity index (χ0v) is 19.5. The molecule has 0 saturated heterocycles. The summed E-state index contributed by atoms with van der Waals surface area (Å²) in [7, 11) is -0.825. The second-order valence-corrected chi connectivity index (χ2v) is 11.1. The lowest BCUT2D eigenvalue weighted by atomic mass is 9.72. The van der Waals surface area contributed by atoms with Gasteiger partial charge in [-0.25, -0.2) is 0 Å². The molecule has 1 rings (SSSR count). The predicted molar refractivity (Wildman–Crippen MR) is 116 cm³/mol. The molecule has 0 atom stereocenters. The second kappa shape index (κ2) is 10.6. The Hall–Kier alpha value is -1.07. The van der Waals surface area contributed by atoms with E-state index in [0.29, 0.717) is 12.4 Å². The molecule has 4 nitrogen and oxygen atoms in total. The molecule has 0 aliphatic heterocycles. The van der Waals surface area contributed by atoms with Crippen molar-refractivity contribution < 1.29 is 17.3 Å². The van der Waals surface area contributed by atoms with Gasteiger partial charge in [0.15, 0.2) is 0 Å². The highest BCUT2D eigenvalue weighted by molar-refractivity contribution is 7.86. The van der Waals surface area contributed by atoms with E-state index in [0.717, 1.165) is 24.8 Å². The fourth-order valence-corrected chi connectivity index (χ4v) is 4.57. The summed E-state index contributed by atoms with van der Waals surface area (Å²) in [4.78, 5) is 0.0629. The minimum Gasteiger partial charge on any atom is -0.492 e. The topological polar surface area (TPSA) is 52.6 Å². The Labute approximate surface area is 173 Å². The summed E-state index contributed by atoms with van der Waals surface area (Å²) in [5, 5.41) is 0. The van der Waals surface area contributed by atoms with Gasteiger partial charge in [0.05, 0.1) is 13.7 Å². The molecule has 0 aliphatic rings. The number of unbranched alkanes of at least 4 members (excludes halogenated alkanes) is 5. The summed E-state index contributed by atoms with van der Waals surface area (Å²) < 4.78 is 35.2. The van der Waals surface area contributed by atoms with Gasteiger partial charge in [-0.15, -0.1) is 0 Å². The molecular formula is C23H39O4S. The minimum absolute atomic E-state index is 0.0629. The minimum atomic E-state index is -3.95. The van der Waals surface area contributed by atoms with Crippen LogP contribution in [0.3, 0.4) is 0 Å². The maximum absolute atomic E-state index is 12.4. The molecule has 0 N–H and O–H groups in total. The van der Waals surface area contributed by atoms with Gasteiger partial charge in [-0.1, -0.05) is 79.7 Å². The molecule has 1 aromatic carbocycles. The third kappa shape index (κ3) is 8.12. The van der Waals surface area contributed by atoms with Crippen LogP contribution in [-0.2, 0) is 19.7 Å². The first-order valence-corrected chi connectivity index (χ1v) is 11.8. The van der Waals surface area contributed by atoms with E-state index < -0.39 is 10.1 Å². The molecule has 1 aromatic rings. The predicted octanol–water partition coefficient (Wildman–Crippen LogP) is 6.64. The first-order valence-electron chi connectivity index (χ1n) is 10.4. The van der Waals surface area contributed by atoms with Gasteiger partial charge in [0.25, 0.3) is 0 Å². The lowest BCUT2D eigenvalue weighted by Gasteiger charge is -2.33. The fourth-order valence-electron chi connectivity index (χ4n) is 3.80. The fraction of sp³-hybridized carbons (Fsp3) is 0.696. The third-order valence-electron chi connectivity index (χ3n) is 4.88. The van der Waals surface area contributed by atoms with Gasteiger partial charge in [0, 0.05) is 0 Å². The molecule has 0 unspecified atom stereocenters. The van der Waals surface area contributed by atoms with Gasteiger partial charge >= 0.3 is 10.1 Å². The monoisotopic (exact) mass is 411 g/mol. The molecular weight excluding hydrogens is 372 g/mol. The second-order valence-electron chi connectivity index (χ2n) is 9.47. The number of hydrogen-bond donors (Lipinski definition) is 0. The van der Waals surface area contributed by atoms with E-state index in [4.69, 9.17) is 4.74 Å². The van der Waals surface area contributed by atoms with Crippen molar-refractivity contribution >= 4 is 10.1 Å². The Morgan fingerprint density at radius 1 is 0.964 bits per heavy atom. The Morgan fingerprint density at radius 2 is 1.57 bits per heavy atom. The first-order chi connectivity index (χ1) is 12.9. The highest BCUT2D eigenvalue weighted by atomic mass is 32.2. The van der Waals surface area contributed by atoms with Gasteiger partial charge in [0.2, 0.25) is 0 Å². The van der Waals surface area contributed by atoms with Crippen LogP contribution in [-0.4, -0.2) is 15.0 Å². The van der Waals surface area contributed by atoms with E-state index in [1.165, 1.54) is 25.7 Å². The summed E-state index contributed by atoms with van der Waals surface area (Å²) in [6, 6.07) is 5.40. The van der Waals surface area contributed by atoms with Crippen LogP contribution in [0.5, 0.6) is 5.75 Å². The number of benzene rings is 1. The summed E-state index contributed by atoms with van der Waals surface area (Å²) >= 11 is 0. The van der Waals surface area contributed by atoms with Gasteiger partial charge < -0.3 is 4.74 Å². The van der Waals surface area contributed by atoms with Crippen LogP contribution in [0.4, 0.5) is 0 Å². The van der Waals surface area contributed by atoms with E-state index in [9.17, 15) is 8.42 Å². The summed E-state index contributed by atoms with van der Waals surface area (Å²) in [6.45, 7) is 13.5. The highest BCUT2D eigenvalue weighted by Crippen LogP contribution is 2.39. The van der Waals surface area contributed by atoms with Crippen LogP contribution in [0.25, 0.3) is 0 Å². The maximum Gasteiger partial charge on any atom is 0.300 e. The molecule has 0 aliphatic carbocycles. The Balaban J connectivity index is 2.97. The summed E-state index contributed by atoms with van der Waals surface area (Å²) in [5.74, 6) is 0.340. The molecule has 0 bridgehead atoms. The van der Waals surface area contributed by atoms with Crippen LogP contribution in [0.1, 0.15) is 92.1 Å². The van der Waals surface area contributed by atoms with Gasteiger partial charge in [0.1, 0.15) is 10.6 Å². The molecule has 161 valence electrons. The van der Waals surface area contributed by atoms with Crippen molar-refractivity contribution in [3.05, 3.63) is 30.9 Å². The van der Waals surface area contributed by atoms with Crippen molar-refractivity contribution in [3.8, 4) is 5.75 Å². The Kier molecular flexibility index (Phi) is 9.48. The molecule has 0 spiro atoms. The normalized spacial score (nSPS) is 13.0. The molecule has 28 heavy (non-hydrogen) atoms. The number of hydrogen-bond acceptors (Lipinski definition) is 4. The molecule has 0 fully saturated rings. The number of rotatable bonds is 12. The Bertz CT molecular complexity index is 700. The van der Waals surface area contributed by atoms with Crippen molar-refractivity contribution in [2.45, 2.75) is 96.8 Å². The molecule has 1 radical (unpaired) electrons. The Morgan fingerprint density at radius 3 is 2.14 bits per heavy atom. The SMILES string of the molecule is [CH2]OS(=O)(=O)c1cc(C(C)(C)CC(C)(C)C)ccc1OCCCCCCCC. The lowest BCUT2D eigenvalue weighted by molar-refractivity contribution is 0.281. The van der Waals surface area contributed by atoms with Crippen molar-refractivity contribution in [2.24, 2.45) is 5.41 Å². The van der Waals surface area contributed by atoms with Crippen molar-refractivity contribution in [3.63, 3.8) is 0 Å². The lowest BCUT2D eigenvalue weighted by Crippen LogP contribution is -2.25. The van der Waals surface area contributed by atoms with Gasteiger partial charge in [-0.2, -0.15) is 8.42 Å². The maximum atomic E-state index is 12.4. The van der Waals surface area contributed by atoms with Crippen LogP contribution < -0.4 is 4.74 Å². The van der Waals surface area contributed by atoms with E-state index in [2.05, 4.69) is 52.8 Å². The third-order valence-corrected chi connectivity index (χ3v) is 6.05. The van der Waals surface area contributed by atoms with Crippen LogP contribution in [0, 0.1) is 12.5 Å². The standard InChI is InChI=1S/C23H39O4S/c1-8-9-10-11-12-13-16-27-20-15-14-19(17-21(20)28(24,25)26-7)23(5,6)18-22(2,3)4/h14-15,17H,7-13,16,18H2,1-6H3. The molecule has 0 heterocycles. The number of ether oxygens (including phenoxy) is 1. The van der Waals surface area contributed by atoms with Crippen LogP contribution >= 0.6 is 0 Å². The van der Waals surface area contributed by atoms with Gasteiger partial charge in [-0.3, -0.25) is 4.18 Å². The summed E-state index contributed by atoms with van der Waals surface area (Å²) in [6.07, 6.45) is 7.82.